The van der Waals surface area contributed by atoms with Crippen molar-refractivity contribution in [3.63, 3.8) is 0 Å². The molecule has 3 rings (SSSR count). The Hall–Kier alpha value is -2.32. The minimum Gasteiger partial charge on any atom is -0.492 e. The largest absolute Gasteiger partial charge is 0.492 e. The lowest BCUT2D eigenvalue weighted by Crippen LogP contribution is -2.38. The fourth-order valence-corrected chi connectivity index (χ4v) is 4.76. The molecule has 1 saturated heterocycles. The van der Waals surface area contributed by atoms with E-state index in [4.69, 9.17) is 16.3 Å². The van der Waals surface area contributed by atoms with Gasteiger partial charge in [0.05, 0.1) is 17.1 Å². The molecular weight excluding hydrogens is 467 g/mol. The first kappa shape index (κ1) is 24.3. The number of hydrogen-bond acceptors (Lipinski definition) is 5. The number of nitrogens with zero attached hydrogens (tertiary/aromatic N) is 1. The number of hydrogen-bond donors (Lipinski definition) is 2. The zero-order chi connectivity index (χ0) is 23.4. The highest BCUT2D eigenvalue weighted by Crippen LogP contribution is 2.32. The van der Waals surface area contributed by atoms with Gasteiger partial charge >= 0.3 is 6.18 Å². The van der Waals surface area contributed by atoms with E-state index in [2.05, 4.69) is 5.32 Å². The molecule has 172 valence electrons. The van der Waals surface area contributed by atoms with E-state index in [9.17, 15) is 26.9 Å². The van der Waals surface area contributed by atoms with Crippen molar-refractivity contribution in [3.8, 4) is 11.8 Å². The summed E-state index contributed by atoms with van der Waals surface area (Å²) in [4.78, 5) is -0.441. The summed E-state index contributed by atoms with van der Waals surface area (Å²) in [5.74, 6) is 0.473. The highest BCUT2D eigenvalue weighted by atomic mass is 35.5. The van der Waals surface area contributed by atoms with Crippen LogP contribution in [-0.2, 0) is 10.0 Å². The Morgan fingerprint density at radius 1 is 1.22 bits per heavy atom. The summed E-state index contributed by atoms with van der Waals surface area (Å²) in [5.41, 5.74) is 1.05. The molecule has 1 heterocycles. The van der Waals surface area contributed by atoms with Crippen molar-refractivity contribution < 1.29 is 26.3 Å². The van der Waals surface area contributed by atoms with Crippen LogP contribution in [0.2, 0.25) is 5.02 Å². The molecule has 0 radical (unpaired) electrons. The standard InChI is InChI=1S/C21H21ClF3N3O3S/c22-17-3-1-14(2-4-17)19-7-8-27-11-16(19)12-31-20-6-5-18(9-15(20)10-26)32(29,30)28-13-21(23,24)25/h1-6,9,16,19,27-28H,7-8,11-13H2/t16-,19-/m1/s1. The molecule has 6 nitrogen and oxygen atoms in total. The summed E-state index contributed by atoms with van der Waals surface area (Å²) >= 11 is 5.98. The lowest BCUT2D eigenvalue weighted by atomic mass is 9.81. The van der Waals surface area contributed by atoms with Crippen molar-refractivity contribution >= 4 is 21.6 Å². The predicted octanol–water partition coefficient (Wildman–Crippen LogP) is 3.82. The number of nitrogens with one attached hydrogen (secondary N) is 2. The Labute approximate surface area is 189 Å². The SMILES string of the molecule is N#Cc1cc(S(=O)(=O)NCC(F)(F)F)ccc1OC[C@H]1CNCC[C@@H]1c1ccc(Cl)cc1. The van der Waals surface area contributed by atoms with Gasteiger partial charge in [0.15, 0.2) is 0 Å². The maximum Gasteiger partial charge on any atom is 0.402 e. The Balaban J connectivity index is 1.73. The lowest BCUT2D eigenvalue weighted by Gasteiger charge is -2.32. The molecule has 0 bridgehead atoms. The second kappa shape index (κ2) is 10.1. The van der Waals surface area contributed by atoms with E-state index in [0.29, 0.717) is 11.6 Å². The molecule has 2 aromatic carbocycles. The van der Waals surface area contributed by atoms with Crippen molar-refractivity contribution in [2.75, 3.05) is 26.2 Å². The molecule has 11 heteroatoms. The van der Waals surface area contributed by atoms with Gasteiger partial charge in [-0.15, -0.1) is 0 Å². The van der Waals surface area contributed by atoms with Gasteiger partial charge < -0.3 is 10.1 Å². The minimum atomic E-state index is -4.69. The predicted molar refractivity (Wildman–Crippen MR) is 113 cm³/mol. The first-order valence-electron chi connectivity index (χ1n) is 9.78. The van der Waals surface area contributed by atoms with Crippen molar-refractivity contribution in [1.82, 2.24) is 10.0 Å². The van der Waals surface area contributed by atoms with Gasteiger partial charge in [0, 0.05) is 17.5 Å². The van der Waals surface area contributed by atoms with E-state index in [1.54, 1.807) is 0 Å². The normalized spacial score (nSPS) is 19.3. The van der Waals surface area contributed by atoms with Crippen LogP contribution in [0.3, 0.4) is 0 Å². The van der Waals surface area contributed by atoms with Gasteiger partial charge in [-0.05, 0) is 54.8 Å². The maximum atomic E-state index is 12.4. The van der Waals surface area contributed by atoms with E-state index in [-0.39, 0.29) is 29.8 Å². The van der Waals surface area contributed by atoms with Crippen LogP contribution in [0.4, 0.5) is 13.2 Å². The van der Waals surface area contributed by atoms with Crippen molar-refractivity contribution in [1.29, 1.82) is 5.26 Å². The van der Waals surface area contributed by atoms with Gasteiger partial charge in [-0.2, -0.15) is 18.4 Å². The van der Waals surface area contributed by atoms with Crippen molar-refractivity contribution in [2.24, 2.45) is 5.92 Å². The molecule has 1 fully saturated rings. The van der Waals surface area contributed by atoms with Crippen molar-refractivity contribution in [2.45, 2.75) is 23.4 Å². The van der Waals surface area contributed by atoms with Gasteiger partial charge in [-0.3, -0.25) is 0 Å². The van der Waals surface area contributed by atoms with Crippen LogP contribution in [-0.4, -0.2) is 40.8 Å². The molecule has 2 aromatic rings. The van der Waals surface area contributed by atoms with Gasteiger partial charge in [0.2, 0.25) is 10.0 Å². The number of rotatable bonds is 7. The highest BCUT2D eigenvalue weighted by Gasteiger charge is 2.31. The summed E-state index contributed by atoms with van der Waals surface area (Å²) in [5, 5.41) is 13.4. The molecule has 2 atom stereocenters. The molecule has 0 aromatic heterocycles. The van der Waals surface area contributed by atoms with Crippen LogP contribution in [0.5, 0.6) is 5.75 Å². The third-order valence-corrected chi connectivity index (χ3v) is 6.85. The second-order valence-corrected chi connectivity index (χ2v) is 9.63. The molecule has 0 saturated carbocycles. The number of ether oxygens (including phenoxy) is 1. The van der Waals surface area contributed by atoms with E-state index >= 15 is 0 Å². The summed E-state index contributed by atoms with van der Waals surface area (Å²) in [7, 11) is -4.42. The summed E-state index contributed by atoms with van der Waals surface area (Å²) in [6, 6.07) is 12.9. The van der Waals surface area contributed by atoms with Crippen LogP contribution in [0.1, 0.15) is 23.5 Å². The molecule has 0 spiro atoms. The van der Waals surface area contributed by atoms with Crippen molar-refractivity contribution in [3.05, 3.63) is 58.6 Å². The maximum absolute atomic E-state index is 12.4. The number of piperidine rings is 1. The first-order valence-corrected chi connectivity index (χ1v) is 11.6. The molecule has 1 aliphatic rings. The van der Waals surface area contributed by atoms with Crippen LogP contribution in [0.15, 0.2) is 47.4 Å². The second-order valence-electron chi connectivity index (χ2n) is 7.43. The number of alkyl halides is 3. The fraction of sp³-hybridized carbons (Fsp3) is 0.381. The van der Waals surface area contributed by atoms with Gasteiger partial charge in [-0.25, -0.2) is 13.1 Å². The zero-order valence-corrected chi connectivity index (χ0v) is 18.4. The number of benzene rings is 2. The van der Waals surface area contributed by atoms with E-state index < -0.39 is 27.6 Å². The third-order valence-electron chi connectivity index (χ3n) is 5.20. The summed E-state index contributed by atoms with van der Waals surface area (Å²) in [6.45, 7) is 0.122. The molecule has 2 N–H and O–H groups in total. The van der Waals surface area contributed by atoms with Crippen LogP contribution in [0.25, 0.3) is 0 Å². The smallest absolute Gasteiger partial charge is 0.402 e. The lowest BCUT2D eigenvalue weighted by molar-refractivity contribution is -0.121. The molecule has 1 aliphatic heterocycles. The molecule has 0 amide bonds. The molecule has 32 heavy (non-hydrogen) atoms. The Bertz CT molecular complexity index is 1090. The van der Waals surface area contributed by atoms with Crippen LogP contribution >= 0.6 is 11.6 Å². The van der Waals surface area contributed by atoms with E-state index in [1.165, 1.54) is 10.8 Å². The highest BCUT2D eigenvalue weighted by molar-refractivity contribution is 7.89. The van der Waals surface area contributed by atoms with Gasteiger partial charge in [0.25, 0.3) is 0 Å². The fourth-order valence-electron chi connectivity index (χ4n) is 3.59. The van der Waals surface area contributed by atoms with Crippen LogP contribution in [0, 0.1) is 17.2 Å². The Kier molecular flexibility index (Phi) is 7.67. The first-order chi connectivity index (χ1) is 15.1. The zero-order valence-electron chi connectivity index (χ0n) is 16.8. The topological polar surface area (TPSA) is 91.2 Å². The van der Waals surface area contributed by atoms with E-state index in [1.807, 2.05) is 30.3 Å². The minimum absolute atomic E-state index is 0.0771. The number of sulfonamides is 1. The molecule has 0 unspecified atom stereocenters. The number of halogens is 4. The Morgan fingerprint density at radius 2 is 1.94 bits per heavy atom. The molecule has 0 aliphatic carbocycles. The average Bonchev–Trinajstić information content (AvgIpc) is 2.76. The monoisotopic (exact) mass is 487 g/mol. The average molecular weight is 488 g/mol. The third kappa shape index (κ3) is 6.36. The number of nitriles is 1. The Morgan fingerprint density at radius 3 is 2.59 bits per heavy atom. The summed E-state index contributed by atoms with van der Waals surface area (Å²) in [6.07, 6.45) is -3.80. The van der Waals surface area contributed by atoms with E-state index in [0.717, 1.165) is 30.7 Å². The molecular formula is C21H21ClF3N3O3S. The van der Waals surface area contributed by atoms with Crippen LogP contribution < -0.4 is 14.8 Å². The van der Waals surface area contributed by atoms with Gasteiger partial charge in [-0.1, -0.05) is 23.7 Å². The quantitative estimate of drug-likeness (QED) is 0.619. The van der Waals surface area contributed by atoms with Gasteiger partial charge in [0.1, 0.15) is 18.4 Å². The summed E-state index contributed by atoms with van der Waals surface area (Å²) < 4.78 is 68.6.